The SMILES string of the molecule is Cc1cccc(C=CC(=O)NCC(C)(C)N2CCCC(C)C2)c1. The van der Waals surface area contributed by atoms with Crippen LogP contribution in [-0.4, -0.2) is 36.0 Å². The third-order valence-electron chi connectivity index (χ3n) is 4.68. The van der Waals surface area contributed by atoms with E-state index in [0.29, 0.717) is 6.54 Å². The van der Waals surface area contributed by atoms with Crippen LogP contribution in [0.25, 0.3) is 6.08 Å². The highest BCUT2D eigenvalue weighted by molar-refractivity contribution is 5.91. The summed E-state index contributed by atoms with van der Waals surface area (Å²) in [6, 6.07) is 8.14. The fraction of sp³-hybridized carbons (Fsp3) is 0.550. The van der Waals surface area contributed by atoms with Gasteiger partial charge in [-0.2, -0.15) is 0 Å². The minimum Gasteiger partial charge on any atom is -0.351 e. The van der Waals surface area contributed by atoms with E-state index in [1.807, 2.05) is 18.2 Å². The Morgan fingerprint density at radius 3 is 2.91 bits per heavy atom. The molecule has 2 rings (SSSR count). The van der Waals surface area contributed by atoms with Crippen LogP contribution in [0.3, 0.4) is 0 Å². The summed E-state index contributed by atoms with van der Waals surface area (Å²) in [7, 11) is 0. The molecule has 3 heteroatoms. The number of hydrogen-bond donors (Lipinski definition) is 1. The lowest BCUT2D eigenvalue weighted by atomic mass is 9.93. The average molecular weight is 314 g/mol. The van der Waals surface area contributed by atoms with E-state index in [1.54, 1.807) is 6.08 Å². The lowest BCUT2D eigenvalue weighted by Crippen LogP contribution is -2.54. The van der Waals surface area contributed by atoms with Crippen LogP contribution in [0.15, 0.2) is 30.3 Å². The van der Waals surface area contributed by atoms with E-state index in [0.717, 1.165) is 24.6 Å². The van der Waals surface area contributed by atoms with Crippen molar-refractivity contribution in [2.75, 3.05) is 19.6 Å². The van der Waals surface area contributed by atoms with Gasteiger partial charge in [-0.05, 0) is 57.7 Å². The van der Waals surface area contributed by atoms with Gasteiger partial charge in [0.05, 0.1) is 0 Å². The lowest BCUT2D eigenvalue weighted by Gasteiger charge is -2.43. The van der Waals surface area contributed by atoms with Gasteiger partial charge in [0.15, 0.2) is 0 Å². The van der Waals surface area contributed by atoms with Crippen LogP contribution in [0.4, 0.5) is 0 Å². The molecule has 0 radical (unpaired) electrons. The molecule has 1 atom stereocenters. The molecular weight excluding hydrogens is 284 g/mol. The Balaban J connectivity index is 1.85. The van der Waals surface area contributed by atoms with Crippen molar-refractivity contribution in [3.8, 4) is 0 Å². The summed E-state index contributed by atoms with van der Waals surface area (Å²) in [6.45, 7) is 11.7. The first-order valence-corrected chi connectivity index (χ1v) is 8.64. The fourth-order valence-corrected chi connectivity index (χ4v) is 3.16. The van der Waals surface area contributed by atoms with Crippen molar-refractivity contribution in [1.29, 1.82) is 0 Å². The van der Waals surface area contributed by atoms with Gasteiger partial charge >= 0.3 is 0 Å². The highest BCUT2D eigenvalue weighted by Crippen LogP contribution is 2.23. The second-order valence-electron chi connectivity index (χ2n) is 7.47. The normalized spacial score (nSPS) is 19.9. The van der Waals surface area contributed by atoms with Crippen LogP contribution < -0.4 is 5.32 Å². The van der Waals surface area contributed by atoms with Crippen molar-refractivity contribution in [3.05, 3.63) is 41.5 Å². The van der Waals surface area contributed by atoms with Crippen molar-refractivity contribution >= 4 is 12.0 Å². The number of rotatable bonds is 5. The van der Waals surface area contributed by atoms with Crippen molar-refractivity contribution in [2.45, 2.75) is 46.1 Å². The van der Waals surface area contributed by atoms with Gasteiger partial charge in [0, 0.05) is 24.7 Å². The number of likely N-dealkylation sites (tertiary alicyclic amines) is 1. The van der Waals surface area contributed by atoms with Crippen molar-refractivity contribution in [1.82, 2.24) is 10.2 Å². The van der Waals surface area contributed by atoms with Crippen molar-refractivity contribution < 1.29 is 4.79 Å². The van der Waals surface area contributed by atoms with Crippen LogP contribution in [0.2, 0.25) is 0 Å². The predicted octanol–water partition coefficient (Wildman–Crippen LogP) is 3.63. The van der Waals surface area contributed by atoms with E-state index in [1.165, 1.54) is 18.4 Å². The molecule has 0 saturated carbocycles. The molecular formula is C20H30N2O. The topological polar surface area (TPSA) is 32.3 Å². The second kappa shape index (κ2) is 7.78. The molecule has 1 amide bonds. The molecule has 1 heterocycles. The molecule has 1 aliphatic heterocycles. The smallest absolute Gasteiger partial charge is 0.244 e. The standard InChI is InChI=1S/C20H30N2O/c1-16-7-5-9-18(13-16)10-11-19(23)21-15-20(3,4)22-12-6-8-17(2)14-22/h5,7,9-11,13,17H,6,8,12,14-15H2,1-4H3,(H,21,23). The zero-order chi connectivity index (χ0) is 16.9. The van der Waals surface area contributed by atoms with Gasteiger partial charge < -0.3 is 5.32 Å². The van der Waals surface area contributed by atoms with Gasteiger partial charge in [0.2, 0.25) is 5.91 Å². The Morgan fingerprint density at radius 2 is 2.22 bits per heavy atom. The van der Waals surface area contributed by atoms with Gasteiger partial charge in [-0.3, -0.25) is 9.69 Å². The van der Waals surface area contributed by atoms with E-state index >= 15 is 0 Å². The van der Waals surface area contributed by atoms with Gasteiger partial charge in [-0.15, -0.1) is 0 Å². The number of nitrogens with one attached hydrogen (secondary N) is 1. The number of hydrogen-bond acceptors (Lipinski definition) is 2. The highest BCUT2D eigenvalue weighted by Gasteiger charge is 2.30. The molecule has 0 aliphatic carbocycles. The largest absolute Gasteiger partial charge is 0.351 e. The maximum absolute atomic E-state index is 12.1. The quantitative estimate of drug-likeness (QED) is 0.842. The van der Waals surface area contributed by atoms with E-state index in [4.69, 9.17) is 0 Å². The molecule has 1 fully saturated rings. The molecule has 1 aliphatic rings. The minimum atomic E-state index is -0.0235. The zero-order valence-corrected chi connectivity index (χ0v) is 14.9. The molecule has 0 bridgehead atoms. The number of amides is 1. The lowest BCUT2D eigenvalue weighted by molar-refractivity contribution is -0.117. The van der Waals surface area contributed by atoms with Crippen LogP contribution in [-0.2, 0) is 4.79 Å². The van der Waals surface area contributed by atoms with Gasteiger partial charge in [0.25, 0.3) is 0 Å². The summed E-state index contributed by atoms with van der Waals surface area (Å²) in [5, 5.41) is 3.05. The van der Waals surface area contributed by atoms with Gasteiger partial charge in [-0.1, -0.05) is 36.8 Å². The van der Waals surface area contributed by atoms with Crippen molar-refractivity contribution in [3.63, 3.8) is 0 Å². The molecule has 3 nitrogen and oxygen atoms in total. The Bertz CT molecular complexity index is 563. The molecule has 0 aromatic heterocycles. The fourth-order valence-electron chi connectivity index (χ4n) is 3.16. The first-order valence-electron chi connectivity index (χ1n) is 8.64. The van der Waals surface area contributed by atoms with Crippen molar-refractivity contribution in [2.24, 2.45) is 5.92 Å². The Morgan fingerprint density at radius 1 is 1.43 bits per heavy atom. The molecule has 1 N–H and O–H groups in total. The summed E-state index contributed by atoms with van der Waals surface area (Å²) in [5.41, 5.74) is 2.26. The Labute approximate surface area is 140 Å². The number of nitrogens with zero attached hydrogens (tertiary/aromatic N) is 1. The Hall–Kier alpha value is -1.61. The monoisotopic (exact) mass is 314 g/mol. The maximum Gasteiger partial charge on any atom is 0.244 e. The van der Waals surface area contributed by atoms with Crippen LogP contribution >= 0.6 is 0 Å². The van der Waals surface area contributed by atoms with E-state index < -0.39 is 0 Å². The molecule has 1 aromatic carbocycles. The summed E-state index contributed by atoms with van der Waals surface area (Å²) in [5.74, 6) is 0.726. The average Bonchev–Trinajstić information content (AvgIpc) is 2.51. The number of piperidine rings is 1. The van der Waals surface area contributed by atoms with E-state index in [9.17, 15) is 4.79 Å². The second-order valence-corrected chi connectivity index (χ2v) is 7.47. The number of carbonyl (C=O) groups is 1. The van der Waals surface area contributed by atoms with Crippen LogP contribution in [0.1, 0.15) is 44.7 Å². The molecule has 0 spiro atoms. The number of carbonyl (C=O) groups excluding carboxylic acids is 1. The molecule has 126 valence electrons. The summed E-state index contributed by atoms with van der Waals surface area (Å²) >= 11 is 0. The molecule has 1 unspecified atom stereocenters. The van der Waals surface area contributed by atoms with Crippen LogP contribution in [0, 0.1) is 12.8 Å². The summed E-state index contributed by atoms with van der Waals surface area (Å²) < 4.78 is 0. The first kappa shape index (κ1) is 17.7. The number of aryl methyl sites for hydroxylation is 1. The van der Waals surface area contributed by atoms with E-state index in [2.05, 4.69) is 50.0 Å². The minimum absolute atomic E-state index is 0.00150. The first-order chi connectivity index (χ1) is 10.9. The third kappa shape index (κ3) is 5.51. The molecule has 1 saturated heterocycles. The third-order valence-corrected chi connectivity index (χ3v) is 4.68. The molecule has 1 aromatic rings. The Kier molecular flexibility index (Phi) is 6.00. The zero-order valence-electron chi connectivity index (χ0n) is 14.9. The highest BCUT2D eigenvalue weighted by atomic mass is 16.1. The van der Waals surface area contributed by atoms with Gasteiger partial charge in [0.1, 0.15) is 0 Å². The number of benzene rings is 1. The predicted molar refractivity (Wildman–Crippen MR) is 97.3 cm³/mol. The van der Waals surface area contributed by atoms with Crippen LogP contribution in [0.5, 0.6) is 0 Å². The summed E-state index contributed by atoms with van der Waals surface area (Å²) in [6.07, 6.45) is 6.08. The summed E-state index contributed by atoms with van der Waals surface area (Å²) in [4.78, 5) is 14.6. The van der Waals surface area contributed by atoms with Gasteiger partial charge in [-0.25, -0.2) is 0 Å². The maximum atomic E-state index is 12.1. The van der Waals surface area contributed by atoms with E-state index in [-0.39, 0.29) is 11.4 Å². The molecule has 23 heavy (non-hydrogen) atoms.